The fourth-order valence-corrected chi connectivity index (χ4v) is 2.78. The van der Waals surface area contributed by atoms with Gasteiger partial charge in [-0.25, -0.2) is 4.98 Å². The van der Waals surface area contributed by atoms with E-state index in [2.05, 4.69) is 34.7 Å². The predicted molar refractivity (Wildman–Crippen MR) is 86.7 cm³/mol. The third-order valence-corrected chi connectivity index (χ3v) is 3.88. The number of nitrogens with zero attached hydrogens (tertiary/aromatic N) is 3. The molecule has 0 N–H and O–H groups in total. The van der Waals surface area contributed by atoms with Gasteiger partial charge < -0.3 is 4.57 Å². The van der Waals surface area contributed by atoms with E-state index in [0.717, 1.165) is 35.5 Å². The van der Waals surface area contributed by atoms with Crippen LogP contribution in [-0.2, 0) is 13.0 Å². The molecule has 3 aromatic rings. The van der Waals surface area contributed by atoms with Crippen LogP contribution in [-0.4, -0.2) is 14.5 Å². The van der Waals surface area contributed by atoms with Crippen LogP contribution in [0.2, 0.25) is 0 Å². The van der Waals surface area contributed by atoms with Gasteiger partial charge in [-0.05, 0) is 37.6 Å². The highest BCUT2D eigenvalue weighted by Gasteiger charge is 2.15. The summed E-state index contributed by atoms with van der Waals surface area (Å²) in [6.45, 7) is 4.89. The van der Waals surface area contributed by atoms with Crippen molar-refractivity contribution >= 4 is 22.6 Å². The highest BCUT2D eigenvalue weighted by molar-refractivity contribution is 6.20. The van der Waals surface area contributed by atoms with Gasteiger partial charge in [0.25, 0.3) is 0 Å². The third-order valence-electron chi connectivity index (χ3n) is 3.68. The second kappa shape index (κ2) is 5.86. The van der Waals surface area contributed by atoms with Crippen LogP contribution in [0.15, 0.2) is 42.6 Å². The van der Waals surface area contributed by atoms with Crippen LogP contribution in [0.1, 0.15) is 29.4 Å². The number of hydrogen-bond donors (Lipinski definition) is 0. The minimum Gasteiger partial charge on any atom is -0.326 e. The van der Waals surface area contributed by atoms with Gasteiger partial charge in [-0.15, -0.1) is 11.6 Å². The first-order chi connectivity index (χ1) is 10.2. The van der Waals surface area contributed by atoms with Crippen LogP contribution in [0.5, 0.6) is 0 Å². The maximum absolute atomic E-state index is 6.31. The third kappa shape index (κ3) is 2.79. The molecule has 1 unspecified atom stereocenters. The molecule has 0 fully saturated rings. The lowest BCUT2D eigenvalue weighted by Crippen LogP contribution is -2.07. The summed E-state index contributed by atoms with van der Waals surface area (Å²) in [5.74, 6) is 0.928. The molecule has 2 aromatic heterocycles. The molecule has 0 saturated heterocycles. The minimum atomic E-state index is -0.111. The quantitative estimate of drug-likeness (QED) is 0.673. The number of aromatic nitrogens is 3. The van der Waals surface area contributed by atoms with Crippen molar-refractivity contribution in [1.82, 2.24) is 14.5 Å². The maximum Gasteiger partial charge on any atom is 0.127 e. The number of para-hydroxylation sites is 1. The van der Waals surface area contributed by atoms with Gasteiger partial charge in [-0.2, -0.15) is 0 Å². The normalized spacial score (nSPS) is 12.7. The van der Waals surface area contributed by atoms with Crippen molar-refractivity contribution in [3.05, 3.63) is 59.7 Å². The van der Waals surface area contributed by atoms with Crippen LogP contribution < -0.4 is 0 Å². The molecule has 2 heterocycles. The van der Waals surface area contributed by atoms with Gasteiger partial charge in [0.1, 0.15) is 5.82 Å². The minimum absolute atomic E-state index is 0.111. The molecule has 0 aliphatic rings. The number of hydrogen-bond acceptors (Lipinski definition) is 2. The second-order valence-corrected chi connectivity index (χ2v) is 5.91. The van der Waals surface area contributed by atoms with E-state index >= 15 is 0 Å². The molecule has 0 amide bonds. The van der Waals surface area contributed by atoms with E-state index in [4.69, 9.17) is 16.6 Å². The zero-order chi connectivity index (χ0) is 14.8. The number of benzene rings is 1. The Morgan fingerprint density at radius 2 is 2.05 bits per heavy atom. The molecule has 3 rings (SSSR count). The Morgan fingerprint density at radius 1 is 1.19 bits per heavy atom. The van der Waals surface area contributed by atoms with Crippen molar-refractivity contribution in [2.24, 2.45) is 0 Å². The Hall–Kier alpha value is -1.87. The van der Waals surface area contributed by atoms with Gasteiger partial charge in [-0.1, -0.05) is 18.2 Å². The molecular formula is C17H18ClN3. The molecule has 108 valence electrons. The first-order valence-electron chi connectivity index (χ1n) is 7.16. The van der Waals surface area contributed by atoms with Crippen LogP contribution in [0, 0.1) is 6.92 Å². The second-order valence-electron chi connectivity index (χ2n) is 5.25. The number of rotatable bonds is 4. The molecule has 0 aliphatic carbocycles. The zero-order valence-electron chi connectivity index (χ0n) is 12.3. The van der Waals surface area contributed by atoms with Crippen molar-refractivity contribution < 1.29 is 0 Å². The molecule has 3 nitrogen and oxygen atoms in total. The Kier molecular flexibility index (Phi) is 3.93. The first kappa shape index (κ1) is 14.1. The van der Waals surface area contributed by atoms with E-state index in [0.29, 0.717) is 0 Å². The smallest absolute Gasteiger partial charge is 0.127 e. The van der Waals surface area contributed by atoms with E-state index in [9.17, 15) is 0 Å². The molecule has 0 aliphatic heterocycles. The summed E-state index contributed by atoms with van der Waals surface area (Å²) < 4.78 is 2.22. The van der Waals surface area contributed by atoms with Crippen molar-refractivity contribution in [1.29, 1.82) is 0 Å². The summed E-state index contributed by atoms with van der Waals surface area (Å²) in [5, 5.41) is -0.111. The van der Waals surface area contributed by atoms with Gasteiger partial charge in [0, 0.05) is 24.9 Å². The standard InChI is InChI=1S/C17H18ClN3/c1-12-6-5-8-15-16(12)20-17(13(2)18)21(15)11-9-14-7-3-4-10-19-14/h3-8,10,13H,9,11H2,1-2H3. The molecule has 0 spiro atoms. The molecule has 1 atom stereocenters. The Balaban J connectivity index is 2.00. The van der Waals surface area contributed by atoms with E-state index in [1.165, 1.54) is 5.56 Å². The lowest BCUT2D eigenvalue weighted by molar-refractivity contribution is 0.660. The van der Waals surface area contributed by atoms with Crippen LogP contribution in [0.4, 0.5) is 0 Å². The predicted octanol–water partition coefficient (Wildman–Crippen LogP) is 4.28. The maximum atomic E-state index is 6.31. The lowest BCUT2D eigenvalue weighted by atomic mass is 10.2. The van der Waals surface area contributed by atoms with Crippen LogP contribution >= 0.6 is 11.6 Å². The highest BCUT2D eigenvalue weighted by atomic mass is 35.5. The molecule has 0 saturated carbocycles. The van der Waals surface area contributed by atoms with E-state index in [1.807, 2.05) is 31.3 Å². The first-order valence-corrected chi connectivity index (χ1v) is 7.60. The molecule has 4 heteroatoms. The Morgan fingerprint density at radius 3 is 2.76 bits per heavy atom. The SMILES string of the molecule is Cc1cccc2c1nc(C(C)Cl)n2CCc1ccccn1. The number of imidazole rings is 1. The summed E-state index contributed by atoms with van der Waals surface area (Å²) in [4.78, 5) is 9.12. The number of fused-ring (bicyclic) bond motifs is 1. The van der Waals surface area contributed by atoms with Crippen molar-refractivity contribution in [2.75, 3.05) is 0 Å². The zero-order valence-corrected chi connectivity index (χ0v) is 13.0. The van der Waals surface area contributed by atoms with Crippen LogP contribution in [0.3, 0.4) is 0 Å². The summed E-state index contributed by atoms with van der Waals surface area (Å²) in [6, 6.07) is 12.3. The average molecular weight is 300 g/mol. The van der Waals surface area contributed by atoms with Crippen molar-refractivity contribution in [3.63, 3.8) is 0 Å². The average Bonchev–Trinajstić information content (AvgIpc) is 2.87. The van der Waals surface area contributed by atoms with E-state index in [1.54, 1.807) is 0 Å². The number of pyridine rings is 1. The largest absolute Gasteiger partial charge is 0.326 e. The molecule has 1 aromatic carbocycles. The summed E-state index contributed by atoms with van der Waals surface area (Å²) in [7, 11) is 0. The monoisotopic (exact) mass is 299 g/mol. The molecular weight excluding hydrogens is 282 g/mol. The topological polar surface area (TPSA) is 30.7 Å². The van der Waals surface area contributed by atoms with E-state index < -0.39 is 0 Å². The molecule has 0 radical (unpaired) electrons. The Labute approximate surface area is 129 Å². The highest BCUT2D eigenvalue weighted by Crippen LogP contribution is 2.26. The van der Waals surface area contributed by atoms with Gasteiger partial charge in [0.2, 0.25) is 0 Å². The van der Waals surface area contributed by atoms with Gasteiger partial charge in [0.15, 0.2) is 0 Å². The summed E-state index contributed by atoms with van der Waals surface area (Å²) in [5.41, 5.74) is 4.46. The summed E-state index contributed by atoms with van der Waals surface area (Å²) in [6.07, 6.45) is 2.70. The fourth-order valence-electron chi connectivity index (χ4n) is 2.62. The summed E-state index contributed by atoms with van der Waals surface area (Å²) >= 11 is 6.31. The van der Waals surface area contributed by atoms with Crippen LogP contribution in [0.25, 0.3) is 11.0 Å². The van der Waals surface area contributed by atoms with Gasteiger partial charge >= 0.3 is 0 Å². The number of halogens is 1. The van der Waals surface area contributed by atoms with Crippen molar-refractivity contribution in [3.8, 4) is 0 Å². The van der Waals surface area contributed by atoms with Gasteiger partial charge in [0.05, 0.1) is 16.4 Å². The van der Waals surface area contributed by atoms with E-state index in [-0.39, 0.29) is 5.38 Å². The number of aryl methyl sites for hydroxylation is 3. The van der Waals surface area contributed by atoms with Gasteiger partial charge in [-0.3, -0.25) is 4.98 Å². The lowest BCUT2D eigenvalue weighted by Gasteiger charge is -2.10. The Bertz CT molecular complexity index is 747. The number of alkyl halides is 1. The van der Waals surface area contributed by atoms with Crippen molar-refractivity contribution in [2.45, 2.75) is 32.2 Å². The molecule has 21 heavy (non-hydrogen) atoms. The molecule has 0 bridgehead atoms. The fraction of sp³-hybridized carbons (Fsp3) is 0.294.